The lowest BCUT2D eigenvalue weighted by Gasteiger charge is -2.16. The number of fused-ring (bicyclic) bond motifs is 1. The van der Waals surface area contributed by atoms with Crippen LogP contribution in [0, 0.1) is 0 Å². The van der Waals surface area contributed by atoms with E-state index in [1.54, 1.807) is 11.9 Å². The van der Waals surface area contributed by atoms with E-state index in [0.717, 1.165) is 5.56 Å². The van der Waals surface area contributed by atoms with Crippen molar-refractivity contribution >= 4 is 28.3 Å². The molecule has 2 rings (SSSR count). The third-order valence-corrected chi connectivity index (χ3v) is 3.00. The van der Waals surface area contributed by atoms with Crippen molar-refractivity contribution in [3.63, 3.8) is 0 Å². The van der Waals surface area contributed by atoms with Crippen LogP contribution in [-0.4, -0.2) is 23.7 Å². The fourth-order valence-electron chi connectivity index (χ4n) is 1.80. The van der Waals surface area contributed by atoms with E-state index in [0.29, 0.717) is 6.54 Å². The van der Waals surface area contributed by atoms with Crippen LogP contribution in [0.2, 0.25) is 0 Å². The Morgan fingerprint density at radius 1 is 1.18 bits per heavy atom. The predicted molar refractivity (Wildman–Crippen MR) is 71.1 cm³/mol. The summed E-state index contributed by atoms with van der Waals surface area (Å²) in [6, 6.07) is 14.4. The molecule has 0 aromatic heterocycles. The highest BCUT2D eigenvalue weighted by Crippen LogP contribution is 2.16. The van der Waals surface area contributed by atoms with Gasteiger partial charge in [0.15, 0.2) is 0 Å². The SMILES string of the molecule is CN(Cc1ccc2ccccc2c1)C(=O)CCl. The first-order chi connectivity index (χ1) is 8.20. The van der Waals surface area contributed by atoms with Gasteiger partial charge in [0.25, 0.3) is 0 Å². The maximum absolute atomic E-state index is 11.4. The average Bonchev–Trinajstić information content (AvgIpc) is 2.37. The minimum atomic E-state index is -0.0557. The number of hydrogen-bond acceptors (Lipinski definition) is 1. The Kier molecular flexibility index (Phi) is 3.64. The number of benzene rings is 2. The summed E-state index contributed by atoms with van der Waals surface area (Å²) in [6.45, 7) is 0.594. The molecule has 0 fully saturated rings. The summed E-state index contributed by atoms with van der Waals surface area (Å²) in [6.07, 6.45) is 0. The fraction of sp³-hybridized carbons (Fsp3) is 0.214. The van der Waals surface area contributed by atoms with E-state index in [4.69, 9.17) is 11.6 Å². The molecule has 2 aromatic rings. The van der Waals surface area contributed by atoms with Gasteiger partial charge in [0.1, 0.15) is 5.88 Å². The number of halogens is 1. The zero-order chi connectivity index (χ0) is 12.3. The predicted octanol–water partition coefficient (Wildman–Crippen LogP) is 3.04. The number of hydrogen-bond donors (Lipinski definition) is 0. The number of carbonyl (C=O) groups excluding carboxylic acids is 1. The third-order valence-electron chi connectivity index (χ3n) is 2.77. The molecule has 0 bridgehead atoms. The number of rotatable bonds is 3. The Labute approximate surface area is 106 Å². The molecule has 0 aliphatic heterocycles. The van der Waals surface area contributed by atoms with Gasteiger partial charge in [-0.25, -0.2) is 0 Å². The van der Waals surface area contributed by atoms with E-state index in [1.807, 2.05) is 18.2 Å². The van der Waals surface area contributed by atoms with Gasteiger partial charge in [0.2, 0.25) is 5.91 Å². The van der Waals surface area contributed by atoms with Gasteiger partial charge in [0.05, 0.1) is 0 Å². The molecule has 0 N–H and O–H groups in total. The van der Waals surface area contributed by atoms with Crippen LogP contribution >= 0.6 is 11.6 Å². The van der Waals surface area contributed by atoms with Crippen molar-refractivity contribution in [3.8, 4) is 0 Å². The van der Waals surface area contributed by atoms with Crippen molar-refractivity contribution in [2.45, 2.75) is 6.54 Å². The van der Waals surface area contributed by atoms with E-state index >= 15 is 0 Å². The molecule has 0 saturated carbocycles. The summed E-state index contributed by atoms with van der Waals surface area (Å²) in [5, 5.41) is 2.40. The van der Waals surface area contributed by atoms with Crippen LogP contribution in [-0.2, 0) is 11.3 Å². The molecule has 2 nitrogen and oxygen atoms in total. The lowest BCUT2D eigenvalue weighted by Crippen LogP contribution is -2.26. The monoisotopic (exact) mass is 247 g/mol. The van der Waals surface area contributed by atoms with Crippen molar-refractivity contribution in [3.05, 3.63) is 48.0 Å². The molecule has 2 aromatic carbocycles. The topological polar surface area (TPSA) is 20.3 Å². The molecule has 0 unspecified atom stereocenters. The van der Waals surface area contributed by atoms with E-state index in [9.17, 15) is 4.79 Å². The second kappa shape index (κ2) is 5.19. The summed E-state index contributed by atoms with van der Waals surface area (Å²) in [4.78, 5) is 13.0. The normalized spacial score (nSPS) is 10.5. The van der Waals surface area contributed by atoms with Gasteiger partial charge < -0.3 is 4.90 Å². The highest BCUT2D eigenvalue weighted by molar-refractivity contribution is 6.27. The Morgan fingerprint density at radius 2 is 1.88 bits per heavy atom. The highest BCUT2D eigenvalue weighted by atomic mass is 35.5. The molecular formula is C14H14ClNO. The number of alkyl halides is 1. The van der Waals surface area contributed by atoms with Crippen molar-refractivity contribution < 1.29 is 4.79 Å². The van der Waals surface area contributed by atoms with Crippen molar-refractivity contribution in [1.82, 2.24) is 4.90 Å². The summed E-state index contributed by atoms with van der Waals surface area (Å²) >= 11 is 5.52. The maximum atomic E-state index is 11.4. The summed E-state index contributed by atoms with van der Waals surface area (Å²) in [5.74, 6) is -0.0239. The molecule has 0 radical (unpaired) electrons. The first-order valence-electron chi connectivity index (χ1n) is 5.48. The van der Waals surface area contributed by atoms with Crippen LogP contribution in [0.25, 0.3) is 10.8 Å². The summed E-state index contributed by atoms with van der Waals surface area (Å²) in [5.41, 5.74) is 1.12. The largest absolute Gasteiger partial charge is 0.340 e. The van der Waals surface area contributed by atoms with E-state index in [1.165, 1.54) is 10.8 Å². The quantitative estimate of drug-likeness (QED) is 0.764. The lowest BCUT2D eigenvalue weighted by atomic mass is 10.1. The zero-order valence-electron chi connectivity index (χ0n) is 9.69. The Balaban J connectivity index is 2.22. The van der Waals surface area contributed by atoms with Crippen LogP contribution in [0.5, 0.6) is 0 Å². The molecule has 17 heavy (non-hydrogen) atoms. The van der Waals surface area contributed by atoms with Gasteiger partial charge >= 0.3 is 0 Å². The van der Waals surface area contributed by atoms with Crippen LogP contribution in [0.3, 0.4) is 0 Å². The molecule has 0 saturated heterocycles. The highest BCUT2D eigenvalue weighted by Gasteiger charge is 2.07. The van der Waals surface area contributed by atoms with Crippen molar-refractivity contribution in [1.29, 1.82) is 0 Å². The number of amides is 1. The van der Waals surface area contributed by atoms with E-state index < -0.39 is 0 Å². The number of carbonyl (C=O) groups is 1. The first-order valence-corrected chi connectivity index (χ1v) is 6.02. The lowest BCUT2D eigenvalue weighted by molar-refractivity contribution is -0.127. The van der Waals surface area contributed by atoms with Crippen LogP contribution in [0.1, 0.15) is 5.56 Å². The average molecular weight is 248 g/mol. The molecule has 1 amide bonds. The molecule has 88 valence electrons. The maximum Gasteiger partial charge on any atom is 0.237 e. The van der Waals surface area contributed by atoms with Gasteiger partial charge in [-0.15, -0.1) is 11.6 Å². The van der Waals surface area contributed by atoms with Gasteiger partial charge in [-0.2, -0.15) is 0 Å². The van der Waals surface area contributed by atoms with Crippen LogP contribution < -0.4 is 0 Å². The molecule has 0 spiro atoms. The Bertz CT molecular complexity index is 538. The first kappa shape index (κ1) is 11.9. The molecule has 0 aliphatic carbocycles. The summed E-state index contributed by atoms with van der Waals surface area (Å²) in [7, 11) is 1.76. The second-order valence-corrected chi connectivity index (χ2v) is 4.33. The zero-order valence-corrected chi connectivity index (χ0v) is 10.4. The minimum absolute atomic E-state index is 0.0318. The van der Waals surface area contributed by atoms with Crippen molar-refractivity contribution in [2.24, 2.45) is 0 Å². The molecule has 3 heteroatoms. The Morgan fingerprint density at radius 3 is 2.59 bits per heavy atom. The molecule has 0 heterocycles. The minimum Gasteiger partial charge on any atom is -0.340 e. The molecule has 0 atom stereocenters. The smallest absolute Gasteiger partial charge is 0.237 e. The molecule has 0 aliphatic rings. The van der Waals surface area contributed by atoms with Gasteiger partial charge in [-0.1, -0.05) is 36.4 Å². The second-order valence-electron chi connectivity index (χ2n) is 4.06. The third kappa shape index (κ3) is 2.77. The van der Waals surface area contributed by atoms with Gasteiger partial charge in [-0.05, 0) is 22.4 Å². The van der Waals surface area contributed by atoms with Gasteiger partial charge in [-0.3, -0.25) is 4.79 Å². The van der Waals surface area contributed by atoms with E-state index in [2.05, 4.69) is 24.3 Å². The fourth-order valence-corrected chi connectivity index (χ4v) is 2.01. The summed E-state index contributed by atoms with van der Waals surface area (Å²) < 4.78 is 0. The molecular weight excluding hydrogens is 234 g/mol. The van der Waals surface area contributed by atoms with E-state index in [-0.39, 0.29) is 11.8 Å². The Hall–Kier alpha value is -1.54. The standard InChI is InChI=1S/C14H14ClNO/c1-16(14(17)9-15)10-11-6-7-12-4-2-3-5-13(12)8-11/h2-8H,9-10H2,1H3. The van der Waals surface area contributed by atoms with Crippen LogP contribution in [0.4, 0.5) is 0 Å². The number of nitrogens with zero attached hydrogens (tertiary/aromatic N) is 1. The van der Waals surface area contributed by atoms with Gasteiger partial charge in [0, 0.05) is 13.6 Å². The van der Waals surface area contributed by atoms with Crippen LogP contribution in [0.15, 0.2) is 42.5 Å². The van der Waals surface area contributed by atoms with Crippen molar-refractivity contribution in [2.75, 3.05) is 12.9 Å².